The Hall–Kier alpha value is -2.53. The van der Waals surface area contributed by atoms with Crippen molar-refractivity contribution in [1.82, 2.24) is 20.5 Å². The van der Waals surface area contributed by atoms with Crippen LogP contribution in [0.15, 0.2) is 55.0 Å². The number of pyridine rings is 1. The molecule has 0 aliphatic rings. The summed E-state index contributed by atoms with van der Waals surface area (Å²) >= 11 is 0. The van der Waals surface area contributed by atoms with Crippen LogP contribution in [0.2, 0.25) is 0 Å². The van der Waals surface area contributed by atoms with Crippen LogP contribution in [0, 0.1) is 5.82 Å². The van der Waals surface area contributed by atoms with Gasteiger partial charge in [-0.3, -0.25) is 10.1 Å². The molecule has 0 amide bonds. The van der Waals surface area contributed by atoms with E-state index >= 15 is 0 Å². The van der Waals surface area contributed by atoms with E-state index in [2.05, 4.69) is 20.5 Å². The van der Waals surface area contributed by atoms with Crippen molar-refractivity contribution in [2.75, 3.05) is 0 Å². The zero-order chi connectivity index (χ0) is 14.5. The van der Waals surface area contributed by atoms with Crippen molar-refractivity contribution in [1.29, 1.82) is 0 Å². The molecule has 2 N–H and O–H groups in total. The average Bonchev–Trinajstić information content (AvgIpc) is 2.98. The van der Waals surface area contributed by atoms with Gasteiger partial charge in [-0.2, -0.15) is 5.10 Å². The van der Waals surface area contributed by atoms with Gasteiger partial charge in [0.15, 0.2) is 0 Å². The topological polar surface area (TPSA) is 53.6 Å². The van der Waals surface area contributed by atoms with Gasteiger partial charge in [-0.05, 0) is 35.9 Å². The number of rotatable bonds is 5. The molecule has 0 radical (unpaired) electrons. The summed E-state index contributed by atoms with van der Waals surface area (Å²) in [7, 11) is 0. The van der Waals surface area contributed by atoms with E-state index in [0.717, 1.165) is 28.9 Å². The molecule has 0 saturated carbocycles. The quantitative estimate of drug-likeness (QED) is 0.756. The Morgan fingerprint density at radius 3 is 2.67 bits per heavy atom. The molecular formula is C16H15FN4. The lowest BCUT2D eigenvalue weighted by Crippen LogP contribution is -2.12. The third kappa shape index (κ3) is 3.32. The Morgan fingerprint density at radius 2 is 1.90 bits per heavy atom. The number of benzene rings is 1. The molecule has 2 aromatic heterocycles. The van der Waals surface area contributed by atoms with Gasteiger partial charge in [0.1, 0.15) is 5.82 Å². The molecule has 4 nitrogen and oxygen atoms in total. The average molecular weight is 282 g/mol. The van der Waals surface area contributed by atoms with Crippen LogP contribution in [0.4, 0.5) is 4.39 Å². The molecule has 21 heavy (non-hydrogen) atoms. The smallest absolute Gasteiger partial charge is 0.123 e. The largest absolute Gasteiger partial charge is 0.308 e. The number of aromatic amines is 1. The highest BCUT2D eigenvalue weighted by Crippen LogP contribution is 2.21. The monoisotopic (exact) mass is 282 g/mol. The Kier molecular flexibility index (Phi) is 4.02. The zero-order valence-corrected chi connectivity index (χ0v) is 11.4. The van der Waals surface area contributed by atoms with Gasteiger partial charge in [0.2, 0.25) is 0 Å². The van der Waals surface area contributed by atoms with Crippen LogP contribution >= 0.6 is 0 Å². The molecule has 0 spiro atoms. The standard InChI is InChI=1S/C16H15FN4/c17-15-5-3-13(4-6-15)16-14(11-20-21-16)10-19-9-12-2-1-7-18-8-12/h1-8,11,19H,9-10H2,(H,20,21). The van der Waals surface area contributed by atoms with E-state index in [1.54, 1.807) is 24.5 Å². The van der Waals surface area contributed by atoms with Gasteiger partial charge in [-0.1, -0.05) is 6.07 Å². The molecule has 2 heterocycles. The predicted octanol–water partition coefficient (Wildman–Crippen LogP) is 2.90. The van der Waals surface area contributed by atoms with Crippen LogP contribution in [-0.2, 0) is 13.1 Å². The molecule has 0 atom stereocenters. The van der Waals surface area contributed by atoms with Gasteiger partial charge in [0.05, 0.1) is 11.9 Å². The van der Waals surface area contributed by atoms with E-state index < -0.39 is 0 Å². The lowest BCUT2D eigenvalue weighted by Gasteiger charge is -2.06. The van der Waals surface area contributed by atoms with Crippen LogP contribution in [-0.4, -0.2) is 15.2 Å². The fourth-order valence-electron chi connectivity index (χ4n) is 2.16. The third-order valence-corrected chi connectivity index (χ3v) is 3.22. The van der Waals surface area contributed by atoms with Gasteiger partial charge < -0.3 is 5.32 Å². The molecule has 0 saturated heterocycles. The summed E-state index contributed by atoms with van der Waals surface area (Å²) in [6.45, 7) is 1.42. The summed E-state index contributed by atoms with van der Waals surface area (Å²) in [6.07, 6.45) is 5.38. The first-order valence-electron chi connectivity index (χ1n) is 6.71. The number of nitrogens with one attached hydrogen (secondary N) is 2. The SMILES string of the molecule is Fc1ccc(-c2[nH]ncc2CNCc2cccnc2)cc1. The van der Waals surface area contributed by atoms with Crippen molar-refractivity contribution < 1.29 is 4.39 Å². The second-order valence-electron chi connectivity index (χ2n) is 4.74. The summed E-state index contributed by atoms with van der Waals surface area (Å²) in [5.74, 6) is -0.241. The van der Waals surface area contributed by atoms with Crippen molar-refractivity contribution in [3.63, 3.8) is 0 Å². The van der Waals surface area contributed by atoms with Crippen LogP contribution < -0.4 is 5.32 Å². The number of halogens is 1. The Morgan fingerprint density at radius 1 is 1.05 bits per heavy atom. The van der Waals surface area contributed by atoms with Gasteiger partial charge in [-0.25, -0.2) is 4.39 Å². The number of H-pyrrole nitrogens is 1. The van der Waals surface area contributed by atoms with Gasteiger partial charge in [0.25, 0.3) is 0 Å². The second-order valence-corrected chi connectivity index (χ2v) is 4.74. The van der Waals surface area contributed by atoms with Crippen molar-refractivity contribution in [2.24, 2.45) is 0 Å². The number of hydrogen-bond donors (Lipinski definition) is 2. The fourth-order valence-corrected chi connectivity index (χ4v) is 2.16. The molecule has 0 bridgehead atoms. The van der Waals surface area contributed by atoms with E-state index in [0.29, 0.717) is 6.54 Å². The van der Waals surface area contributed by atoms with Gasteiger partial charge >= 0.3 is 0 Å². The molecule has 1 aromatic carbocycles. The first-order valence-corrected chi connectivity index (χ1v) is 6.71. The van der Waals surface area contributed by atoms with E-state index in [1.807, 2.05) is 18.3 Å². The summed E-state index contributed by atoms with van der Waals surface area (Å²) in [5.41, 5.74) is 4.01. The normalized spacial score (nSPS) is 10.7. The lowest BCUT2D eigenvalue weighted by atomic mass is 10.1. The first kappa shape index (κ1) is 13.5. The molecule has 0 fully saturated rings. The maximum Gasteiger partial charge on any atom is 0.123 e. The van der Waals surface area contributed by atoms with Crippen molar-refractivity contribution in [3.8, 4) is 11.3 Å². The second kappa shape index (κ2) is 6.28. The summed E-state index contributed by atoms with van der Waals surface area (Å²) in [4.78, 5) is 4.08. The van der Waals surface area contributed by atoms with E-state index in [1.165, 1.54) is 12.1 Å². The van der Waals surface area contributed by atoms with Crippen molar-refractivity contribution >= 4 is 0 Å². The lowest BCUT2D eigenvalue weighted by molar-refractivity contribution is 0.628. The number of nitrogens with zero attached hydrogens (tertiary/aromatic N) is 2. The van der Waals surface area contributed by atoms with Crippen molar-refractivity contribution in [3.05, 3.63) is 71.9 Å². The van der Waals surface area contributed by atoms with E-state index in [9.17, 15) is 4.39 Å². The van der Waals surface area contributed by atoms with Crippen molar-refractivity contribution in [2.45, 2.75) is 13.1 Å². The van der Waals surface area contributed by atoms with E-state index in [-0.39, 0.29) is 5.82 Å². The molecule has 5 heteroatoms. The first-order chi connectivity index (χ1) is 10.3. The van der Waals surface area contributed by atoms with Crippen LogP contribution in [0.5, 0.6) is 0 Å². The zero-order valence-electron chi connectivity index (χ0n) is 11.4. The molecular weight excluding hydrogens is 267 g/mol. The van der Waals surface area contributed by atoms with Gasteiger partial charge in [-0.15, -0.1) is 0 Å². The minimum absolute atomic E-state index is 0.241. The minimum atomic E-state index is -0.241. The van der Waals surface area contributed by atoms with Crippen LogP contribution in [0.1, 0.15) is 11.1 Å². The molecule has 0 unspecified atom stereocenters. The molecule has 0 aliphatic heterocycles. The Bertz CT molecular complexity index is 692. The summed E-state index contributed by atoms with van der Waals surface area (Å²) in [6, 6.07) is 10.3. The molecule has 106 valence electrons. The Balaban J connectivity index is 1.67. The highest BCUT2D eigenvalue weighted by molar-refractivity contribution is 5.62. The van der Waals surface area contributed by atoms with Crippen LogP contribution in [0.25, 0.3) is 11.3 Å². The number of hydrogen-bond acceptors (Lipinski definition) is 3. The fraction of sp³-hybridized carbons (Fsp3) is 0.125. The van der Waals surface area contributed by atoms with Crippen LogP contribution in [0.3, 0.4) is 0 Å². The molecule has 3 rings (SSSR count). The predicted molar refractivity (Wildman–Crippen MR) is 78.8 cm³/mol. The van der Waals surface area contributed by atoms with Gasteiger partial charge in [0, 0.05) is 36.6 Å². The third-order valence-electron chi connectivity index (χ3n) is 3.22. The minimum Gasteiger partial charge on any atom is -0.308 e. The molecule has 0 aliphatic carbocycles. The molecule has 3 aromatic rings. The Labute approximate surface area is 122 Å². The maximum atomic E-state index is 13.0. The van der Waals surface area contributed by atoms with E-state index in [4.69, 9.17) is 0 Å². The highest BCUT2D eigenvalue weighted by atomic mass is 19.1. The number of aromatic nitrogens is 3. The summed E-state index contributed by atoms with van der Waals surface area (Å²) < 4.78 is 13.0. The summed E-state index contributed by atoms with van der Waals surface area (Å²) in [5, 5.41) is 10.4. The maximum absolute atomic E-state index is 13.0. The highest BCUT2D eigenvalue weighted by Gasteiger charge is 2.07.